The van der Waals surface area contributed by atoms with Crippen LogP contribution in [0.4, 0.5) is 0 Å². The van der Waals surface area contributed by atoms with Gasteiger partial charge in [0.2, 0.25) is 5.91 Å². The fraction of sp³-hybridized carbons (Fsp3) is 0.667. The second-order valence-electron chi connectivity index (χ2n) is 3.37. The van der Waals surface area contributed by atoms with E-state index < -0.39 is 23.8 Å². The van der Waals surface area contributed by atoms with Crippen LogP contribution in [-0.4, -0.2) is 48.1 Å². The van der Waals surface area contributed by atoms with Gasteiger partial charge in [-0.2, -0.15) is 0 Å². The Balaban J connectivity index is 2.66. The Kier molecular flexibility index (Phi) is 3.65. The average Bonchev–Trinajstić information content (AvgIpc) is 2.19. The molecule has 1 amide bonds. The summed E-state index contributed by atoms with van der Waals surface area (Å²) in [6, 6.07) is 0. The number of esters is 1. The van der Waals surface area contributed by atoms with Crippen LogP contribution in [0.2, 0.25) is 0 Å². The van der Waals surface area contributed by atoms with Gasteiger partial charge in [-0.3, -0.25) is 14.4 Å². The topological polar surface area (TPSA) is 83.9 Å². The lowest BCUT2D eigenvalue weighted by atomic mass is 9.97. The largest absolute Gasteiger partial charge is 0.480 e. The van der Waals surface area contributed by atoms with Crippen LogP contribution < -0.4 is 0 Å². The molecule has 1 fully saturated rings. The highest BCUT2D eigenvalue weighted by Crippen LogP contribution is 2.18. The van der Waals surface area contributed by atoms with E-state index in [0.717, 1.165) is 0 Å². The Labute approximate surface area is 86.8 Å². The molecule has 0 radical (unpaired) electrons. The molecule has 15 heavy (non-hydrogen) atoms. The van der Waals surface area contributed by atoms with Crippen LogP contribution in [0.1, 0.15) is 12.8 Å². The highest BCUT2D eigenvalue weighted by atomic mass is 16.5. The second kappa shape index (κ2) is 4.77. The molecule has 1 atom stereocenters. The lowest BCUT2D eigenvalue weighted by molar-refractivity contribution is -0.159. The molecule has 0 saturated carbocycles. The van der Waals surface area contributed by atoms with Gasteiger partial charge in [0.05, 0.1) is 7.11 Å². The first-order valence-electron chi connectivity index (χ1n) is 4.64. The Morgan fingerprint density at radius 3 is 2.80 bits per heavy atom. The Morgan fingerprint density at radius 2 is 2.27 bits per heavy atom. The van der Waals surface area contributed by atoms with E-state index >= 15 is 0 Å². The van der Waals surface area contributed by atoms with Crippen LogP contribution in [0, 0.1) is 5.92 Å². The molecule has 1 heterocycles. The maximum Gasteiger partial charge on any atom is 0.323 e. The quantitative estimate of drug-likeness (QED) is 0.506. The molecule has 0 spiro atoms. The minimum Gasteiger partial charge on any atom is -0.480 e. The molecule has 84 valence electrons. The molecule has 6 nitrogen and oxygen atoms in total. The first-order valence-corrected chi connectivity index (χ1v) is 4.64. The number of likely N-dealkylation sites (tertiary alicyclic amines) is 1. The number of rotatable bonds is 3. The van der Waals surface area contributed by atoms with Crippen LogP contribution >= 0.6 is 0 Å². The summed E-state index contributed by atoms with van der Waals surface area (Å²) >= 11 is 0. The van der Waals surface area contributed by atoms with Crippen LogP contribution in [-0.2, 0) is 19.1 Å². The number of carbonyl (C=O) groups excluding carboxylic acids is 2. The van der Waals surface area contributed by atoms with Crippen molar-refractivity contribution in [1.82, 2.24) is 4.90 Å². The van der Waals surface area contributed by atoms with Gasteiger partial charge in [-0.15, -0.1) is 0 Å². The molecule has 6 heteroatoms. The van der Waals surface area contributed by atoms with Gasteiger partial charge in [0.1, 0.15) is 12.5 Å². The van der Waals surface area contributed by atoms with Gasteiger partial charge >= 0.3 is 11.9 Å². The molecule has 1 rings (SSSR count). The molecule has 0 aromatic carbocycles. The number of methoxy groups -OCH3 is 1. The van der Waals surface area contributed by atoms with E-state index in [1.165, 1.54) is 12.0 Å². The number of carbonyl (C=O) groups is 3. The zero-order chi connectivity index (χ0) is 11.4. The van der Waals surface area contributed by atoms with Crippen LogP contribution in [0.25, 0.3) is 0 Å². The number of hydrogen-bond acceptors (Lipinski definition) is 4. The number of amides is 1. The van der Waals surface area contributed by atoms with Crippen molar-refractivity contribution in [2.75, 3.05) is 20.2 Å². The normalized spacial score (nSPS) is 21.3. The Hall–Kier alpha value is -1.59. The van der Waals surface area contributed by atoms with Crippen LogP contribution in [0.3, 0.4) is 0 Å². The fourth-order valence-electron chi connectivity index (χ4n) is 1.62. The van der Waals surface area contributed by atoms with Crippen molar-refractivity contribution in [1.29, 1.82) is 0 Å². The maximum atomic E-state index is 11.6. The lowest BCUT2D eigenvalue weighted by Gasteiger charge is -2.29. The molecule has 1 aliphatic heterocycles. The fourth-order valence-corrected chi connectivity index (χ4v) is 1.62. The van der Waals surface area contributed by atoms with E-state index in [4.69, 9.17) is 5.11 Å². The highest BCUT2D eigenvalue weighted by Gasteiger charge is 2.35. The summed E-state index contributed by atoms with van der Waals surface area (Å²) in [7, 11) is 1.21. The summed E-state index contributed by atoms with van der Waals surface area (Å²) in [5.74, 6) is -2.94. The molecule has 0 aliphatic carbocycles. The molecular weight excluding hydrogens is 202 g/mol. The van der Waals surface area contributed by atoms with Crippen molar-refractivity contribution < 1.29 is 24.2 Å². The first-order chi connectivity index (χ1) is 7.06. The van der Waals surface area contributed by atoms with Crippen molar-refractivity contribution in [3.8, 4) is 0 Å². The third-order valence-electron chi connectivity index (χ3n) is 2.34. The van der Waals surface area contributed by atoms with E-state index in [9.17, 15) is 14.4 Å². The van der Waals surface area contributed by atoms with Crippen molar-refractivity contribution in [2.24, 2.45) is 5.92 Å². The van der Waals surface area contributed by atoms with E-state index in [1.54, 1.807) is 0 Å². The highest BCUT2D eigenvalue weighted by molar-refractivity contribution is 5.99. The standard InChI is InChI=1S/C9H13NO5/c1-15-9(14)6-3-2-4-10(8(6)13)5-7(11)12/h6H,2-5H2,1H3,(H,11,12). The van der Waals surface area contributed by atoms with Crippen molar-refractivity contribution in [2.45, 2.75) is 12.8 Å². The zero-order valence-electron chi connectivity index (χ0n) is 8.43. The first kappa shape index (κ1) is 11.5. The van der Waals surface area contributed by atoms with Gasteiger partial charge in [-0.25, -0.2) is 0 Å². The SMILES string of the molecule is COC(=O)C1CCCN(CC(=O)O)C1=O. The number of hydrogen-bond donors (Lipinski definition) is 1. The number of piperidine rings is 1. The summed E-state index contributed by atoms with van der Waals surface area (Å²) in [6.07, 6.45) is 1.06. The van der Waals surface area contributed by atoms with E-state index in [1.807, 2.05) is 0 Å². The Morgan fingerprint density at radius 1 is 1.60 bits per heavy atom. The number of ether oxygens (including phenoxy) is 1. The molecule has 1 saturated heterocycles. The predicted octanol–water partition coefficient (Wildman–Crippen LogP) is -0.517. The van der Waals surface area contributed by atoms with Crippen molar-refractivity contribution in [3.05, 3.63) is 0 Å². The minimum absolute atomic E-state index is 0.355. The van der Waals surface area contributed by atoms with E-state index in [0.29, 0.717) is 19.4 Å². The third-order valence-corrected chi connectivity index (χ3v) is 2.34. The van der Waals surface area contributed by atoms with Crippen LogP contribution in [0.15, 0.2) is 0 Å². The number of aliphatic carboxylic acids is 1. The van der Waals surface area contributed by atoms with Gasteiger partial charge in [-0.1, -0.05) is 0 Å². The maximum absolute atomic E-state index is 11.6. The minimum atomic E-state index is -1.08. The van der Waals surface area contributed by atoms with Gasteiger partial charge in [0, 0.05) is 6.54 Å². The molecule has 1 N–H and O–H groups in total. The number of nitrogens with zero attached hydrogens (tertiary/aromatic N) is 1. The third kappa shape index (κ3) is 2.68. The van der Waals surface area contributed by atoms with Crippen molar-refractivity contribution in [3.63, 3.8) is 0 Å². The molecule has 0 aromatic rings. The molecular formula is C9H13NO5. The summed E-state index contributed by atoms with van der Waals surface area (Å²) < 4.78 is 4.48. The van der Waals surface area contributed by atoms with Gasteiger partial charge in [0.15, 0.2) is 0 Å². The van der Waals surface area contributed by atoms with E-state index in [-0.39, 0.29) is 6.54 Å². The Bertz CT molecular complexity index is 288. The predicted molar refractivity (Wildman–Crippen MR) is 49.0 cm³/mol. The lowest BCUT2D eigenvalue weighted by Crippen LogP contribution is -2.46. The number of carboxylic acids is 1. The summed E-state index contributed by atoms with van der Waals surface area (Å²) in [5, 5.41) is 8.56. The van der Waals surface area contributed by atoms with Gasteiger partial charge in [0.25, 0.3) is 0 Å². The molecule has 1 unspecified atom stereocenters. The summed E-state index contributed by atoms with van der Waals surface area (Å²) in [5.41, 5.74) is 0. The van der Waals surface area contributed by atoms with Gasteiger partial charge < -0.3 is 14.7 Å². The molecule has 0 bridgehead atoms. The summed E-state index contributed by atoms with van der Waals surface area (Å²) in [6.45, 7) is 0.0327. The zero-order valence-corrected chi connectivity index (χ0v) is 8.43. The van der Waals surface area contributed by atoms with Gasteiger partial charge in [-0.05, 0) is 12.8 Å². The van der Waals surface area contributed by atoms with Crippen molar-refractivity contribution >= 4 is 17.8 Å². The second-order valence-corrected chi connectivity index (χ2v) is 3.37. The monoisotopic (exact) mass is 215 g/mol. The smallest absolute Gasteiger partial charge is 0.323 e. The molecule has 0 aromatic heterocycles. The van der Waals surface area contributed by atoms with Crippen LogP contribution in [0.5, 0.6) is 0 Å². The average molecular weight is 215 g/mol. The summed E-state index contributed by atoms with van der Waals surface area (Å²) in [4.78, 5) is 34.4. The van der Waals surface area contributed by atoms with E-state index in [2.05, 4.69) is 4.74 Å². The molecule has 1 aliphatic rings. The number of carboxylic acid groups (broad SMARTS) is 1.